The molecule has 1 aliphatic carbocycles. The van der Waals surface area contributed by atoms with Crippen LogP contribution in [0.25, 0.3) is 0 Å². The number of rotatable bonds is 3. The summed E-state index contributed by atoms with van der Waals surface area (Å²) in [7, 11) is 0. The second-order valence-electron chi connectivity index (χ2n) is 7.53. The van der Waals surface area contributed by atoms with Crippen LogP contribution in [0.15, 0.2) is 97.3 Å². The van der Waals surface area contributed by atoms with E-state index in [1.54, 1.807) is 24.5 Å². The van der Waals surface area contributed by atoms with Gasteiger partial charge in [-0.3, -0.25) is 14.6 Å². The van der Waals surface area contributed by atoms with Gasteiger partial charge in [0.2, 0.25) is 11.8 Å². The minimum atomic E-state index is -0.430. The Kier molecular flexibility index (Phi) is 4.32. The number of nitrogens with zero attached hydrogens (tertiary/aromatic N) is 2. The molecule has 1 aliphatic heterocycles. The number of allylic oxidation sites excluding steroid dienone is 2. The van der Waals surface area contributed by atoms with E-state index in [4.69, 9.17) is 0 Å². The predicted molar refractivity (Wildman–Crippen MR) is 111 cm³/mol. The van der Waals surface area contributed by atoms with Crippen LogP contribution >= 0.6 is 0 Å². The summed E-state index contributed by atoms with van der Waals surface area (Å²) in [6.07, 6.45) is 7.43. The maximum Gasteiger partial charge on any atom is 0.238 e. The molecule has 4 nitrogen and oxygen atoms in total. The van der Waals surface area contributed by atoms with Crippen molar-refractivity contribution in [3.8, 4) is 0 Å². The summed E-state index contributed by atoms with van der Waals surface area (Å²) >= 11 is 0. The monoisotopic (exact) mass is 380 g/mol. The zero-order chi connectivity index (χ0) is 19.8. The van der Waals surface area contributed by atoms with Gasteiger partial charge < -0.3 is 0 Å². The van der Waals surface area contributed by atoms with E-state index >= 15 is 0 Å². The van der Waals surface area contributed by atoms with Crippen LogP contribution in [-0.4, -0.2) is 16.8 Å². The lowest BCUT2D eigenvalue weighted by Gasteiger charge is -2.32. The highest BCUT2D eigenvalue weighted by Crippen LogP contribution is 2.49. The lowest BCUT2D eigenvalue weighted by molar-refractivity contribution is -0.122. The Morgan fingerprint density at radius 3 is 1.62 bits per heavy atom. The zero-order valence-electron chi connectivity index (χ0n) is 15.8. The van der Waals surface area contributed by atoms with Crippen LogP contribution in [0.2, 0.25) is 0 Å². The van der Waals surface area contributed by atoms with Crippen molar-refractivity contribution in [3.05, 3.63) is 108 Å². The van der Waals surface area contributed by atoms with Crippen LogP contribution < -0.4 is 4.90 Å². The van der Waals surface area contributed by atoms with Crippen LogP contribution in [-0.2, 0) is 9.59 Å². The molecule has 2 amide bonds. The van der Waals surface area contributed by atoms with Gasteiger partial charge in [-0.05, 0) is 23.3 Å². The SMILES string of the molecule is O=C1[C@H]2[C@H](C(=O)N1c1cccnc1)[C@H](c1ccccc1)C=C[C@@H]2c1ccccc1. The molecule has 29 heavy (non-hydrogen) atoms. The van der Waals surface area contributed by atoms with Crippen LogP contribution in [0.4, 0.5) is 5.69 Å². The average molecular weight is 380 g/mol. The summed E-state index contributed by atoms with van der Waals surface area (Å²) in [5, 5.41) is 0. The third kappa shape index (κ3) is 2.88. The standard InChI is InChI=1S/C25H20N2O2/c28-24-22-20(17-8-3-1-4-9-17)13-14-21(18-10-5-2-6-11-18)23(22)25(29)27(24)19-12-7-15-26-16-19/h1-16,20-23H/t20-,21+,22-,23-/m1/s1. The molecule has 2 heterocycles. The Bertz CT molecular complexity index is 996. The summed E-state index contributed by atoms with van der Waals surface area (Å²) in [6.45, 7) is 0. The third-order valence-electron chi connectivity index (χ3n) is 5.97. The van der Waals surface area contributed by atoms with Gasteiger partial charge in [0.15, 0.2) is 0 Å². The van der Waals surface area contributed by atoms with Gasteiger partial charge in [-0.2, -0.15) is 0 Å². The van der Waals surface area contributed by atoms with Crippen LogP contribution in [0.1, 0.15) is 23.0 Å². The molecule has 0 saturated carbocycles. The molecule has 3 aromatic rings. The van der Waals surface area contributed by atoms with E-state index in [1.165, 1.54) is 4.90 Å². The Labute approximate surface area is 169 Å². The number of imide groups is 1. The fourth-order valence-electron chi connectivity index (χ4n) is 4.67. The van der Waals surface area contributed by atoms with Gasteiger partial charge in [0, 0.05) is 18.0 Å². The fourth-order valence-corrected chi connectivity index (χ4v) is 4.67. The Morgan fingerprint density at radius 1 is 0.655 bits per heavy atom. The van der Waals surface area contributed by atoms with Gasteiger partial charge in [-0.15, -0.1) is 0 Å². The number of benzene rings is 2. The van der Waals surface area contributed by atoms with Crippen molar-refractivity contribution < 1.29 is 9.59 Å². The van der Waals surface area contributed by atoms with E-state index in [1.807, 2.05) is 60.7 Å². The van der Waals surface area contributed by atoms with Gasteiger partial charge in [-0.25, -0.2) is 4.90 Å². The summed E-state index contributed by atoms with van der Waals surface area (Å²) in [6, 6.07) is 23.4. The van der Waals surface area contributed by atoms with E-state index in [2.05, 4.69) is 17.1 Å². The number of amides is 2. The van der Waals surface area contributed by atoms with Crippen LogP contribution in [0.5, 0.6) is 0 Å². The fraction of sp³-hybridized carbons (Fsp3) is 0.160. The molecule has 2 aliphatic rings. The molecular formula is C25H20N2O2. The van der Waals surface area contributed by atoms with Crippen molar-refractivity contribution in [2.75, 3.05) is 4.90 Å². The number of carbonyl (C=O) groups excluding carboxylic acids is 2. The summed E-state index contributed by atoms with van der Waals surface area (Å²) in [4.78, 5) is 32.6. The van der Waals surface area contributed by atoms with Crippen molar-refractivity contribution in [2.45, 2.75) is 11.8 Å². The topological polar surface area (TPSA) is 50.3 Å². The summed E-state index contributed by atoms with van der Waals surface area (Å²) in [5.41, 5.74) is 2.65. The maximum absolute atomic E-state index is 13.6. The molecule has 142 valence electrons. The quantitative estimate of drug-likeness (QED) is 0.502. The lowest BCUT2D eigenvalue weighted by atomic mass is 9.68. The molecule has 4 atom stereocenters. The molecular weight excluding hydrogens is 360 g/mol. The highest BCUT2D eigenvalue weighted by molar-refractivity contribution is 6.22. The van der Waals surface area contributed by atoms with Gasteiger partial charge in [0.1, 0.15) is 0 Å². The summed E-state index contributed by atoms with van der Waals surface area (Å²) < 4.78 is 0. The molecule has 0 radical (unpaired) electrons. The summed E-state index contributed by atoms with van der Waals surface area (Å²) in [5.74, 6) is -1.40. The highest BCUT2D eigenvalue weighted by Gasteiger charge is 2.55. The smallest absolute Gasteiger partial charge is 0.238 e. The molecule has 4 heteroatoms. The molecule has 1 saturated heterocycles. The van der Waals surface area contributed by atoms with Crippen molar-refractivity contribution in [3.63, 3.8) is 0 Å². The van der Waals surface area contributed by atoms with Gasteiger partial charge in [0.05, 0.1) is 23.7 Å². The Balaban J connectivity index is 1.64. The molecule has 0 spiro atoms. The Hall–Kier alpha value is -3.53. The van der Waals surface area contributed by atoms with Crippen molar-refractivity contribution in [1.82, 2.24) is 4.98 Å². The first-order chi connectivity index (χ1) is 14.3. The highest BCUT2D eigenvalue weighted by atomic mass is 16.2. The van der Waals surface area contributed by atoms with Crippen LogP contribution in [0.3, 0.4) is 0 Å². The molecule has 1 aromatic heterocycles. The first-order valence-corrected chi connectivity index (χ1v) is 9.82. The van der Waals surface area contributed by atoms with E-state index in [0.717, 1.165) is 11.1 Å². The molecule has 5 rings (SSSR count). The van der Waals surface area contributed by atoms with Gasteiger partial charge >= 0.3 is 0 Å². The van der Waals surface area contributed by atoms with Gasteiger partial charge in [-0.1, -0.05) is 72.8 Å². The molecule has 1 fully saturated rings. The van der Waals surface area contributed by atoms with Gasteiger partial charge in [0.25, 0.3) is 0 Å². The average Bonchev–Trinajstić information content (AvgIpc) is 3.06. The Morgan fingerprint density at radius 2 is 1.17 bits per heavy atom. The normalized spacial score (nSPS) is 25.9. The zero-order valence-corrected chi connectivity index (χ0v) is 15.8. The first kappa shape index (κ1) is 17.6. The van der Waals surface area contributed by atoms with E-state index < -0.39 is 11.8 Å². The lowest BCUT2D eigenvalue weighted by Crippen LogP contribution is -2.31. The third-order valence-corrected chi connectivity index (χ3v) is 5.97. The van der Waals surface area contributed by atoms with Crippen molar-refractivity contribution in [1.29, 1.82) is 0 Å². The van der Waals surface area contributed by atoms with Crippen molar-refractivity contribution >= 4 is 17.5 Å². The van der Waals surface area contributed by atoms with E-state index in [-0.39, 0.29) is 23.7 Å². The molecule has 0 N–H and O–H groups in total. The minimum absolute atomic E-state index is 0.126. The first-order valence-electron chi connectivity index (χ1n) is 9.82. The number of anilines is 1. The molecule has 0 bridgehead atoms. The largest absolute Gasteiger partial charge is 0.274 e. The number of hydrogen-bond acceptors (Lipinski definition) is 3. The number of aromatic nitrogens is 1. The molecule has 2 aromatic carbocycles. The van der Waals surface area contributed by atoms with E-state index in [9.17, 15) is 9.59 Å². The predicted octanol–water partition coefficient (Wildman–Crippen LogP) is 4.32. The van der Waals surface area contributed by atoms with Crippen molar-refractivity contribution in [2.24, 2.45) is 11.8 Å². The number of pyridine rings is 1. The maximum atomic E-state index is 13.6. The minimum Gasteiger partial charge on any atom is -0.274 e. The molecule has 0 unspecified atom stereocenters. The number of carbonyl (C=O) groups is 2. The number of hydrogen-bond donors (Lipinski definition) is 0. The second-order valence-corrected chi connectivity index (χ2v) is 7.53. The van der Waals surface area contributed by atoms with E-state index in [0.29, 0.717) is 5.69 Å². The van der Waals surface area contributed by atoms with Crippen LogP contribution in [0, 0.1) is 11.8 Å². The second kappa shape index (κ2) is 7.13. The number of fused-ring (bicyclic) bond motifs is 1.